The van der Waals surface area contributed by atoms with Gasteiger partial charge in [0.2, 0.25) is 11.8 Å². The molecule has 25 nitrogen and oxygen atoms in total. The number of ketones is 1. The highest BCUT2D eigenvalue weighted by Gasteiger charge is 2.35. The van der Waals surface area contributed by atoms with Crippen molar-refractivity contribution in [2.75, 3.05) is 45.2 Å². The lowest BCUT2D eigenvalue weighted by Gasteiger charge is -2.34. The lowest BCUT2D eigenvalue weighted by Crippen LogP contribution is -2.48. The number of aliphatic hydroxyl groups is 1. The molecule has 0 aliphatic carbocycles. The average Bonchev–Trinajstić information content (AvgIpc) is 1.87. The Balaban J connectivity index is 1.04. The molecule has 9 heterocycles. The highest BCUT2D eigenvalue weighted by Crippen LogP contribution is 2.41. The number of thiazole rings is 6. The van der Waals surface area contributed by atoms with Crippen molar-refractivity contribution < 1.29 is 58.4 Å². The predicted molar refractivity (Wildman–Crippen MR) is 345 cm³/mol. The number of aliphatic hydroxyl groups excluding tert-OH is 1. The summed E-state index contributed by atoms with van der Waals surface area (Å²) >= 11 is 7.17. The first-order chi connectivity index (χ1) is 43.8. The van der Waals surface area contributed by atoms with Crippen LogP contribution in [0.3, 0.4) is 0 Å². The standard InChI is InChI=1S/C60H63N13O12S6/c1-29(2)34-21-40(74)46-30(3)90-57(70-46)36(22-43(75)61-4)64-51(80)38-26-86-53(66-38)33-14-15-35(55-68-42(28-89-55)73(18-10-9-13-45(77)78)60(84)72-19-16-32(17-20-72)59(82)83)63-47(33)37-25-87-56(65-37)39-27-88-58(67-39)49(50(79)31-11-7-6-8-12-31)69-44(76)23-62-52(81)48-41(24-85-5)91-54(34)71-48/h6-8,11-12,14-15,25-29,32,34,36,49-50,79H,9-10,13,16-24H2,1-5H3,(H,61,75)(H,62,81)(H,64,80)(H,69,76)(H,77,78)(H,82,83)/t34?,36-,49-,50-/m0/s1. The Morgan fingerprint density at radius 3 is 2.18 bits per heavy atom. The fraction of sp³-hybridized carbons (Fsp3) is 0.383. The number of carbonyl (C=O) groups is 8. The van der Waals surface area contributed by atoms with Gasteiger partial charge >= 0.3 is 18.0 Å². The summed E-state index contributed by atoms with van der Waals surface area (Å²) in [5.74, 6) is -5.48. The first kappa shape index (κ1) is 65.8. The van der Waals surface area contributed by atoms with Gasteiger partial charge in [0.05, 0.1) is 47.1 Å². The molecule has 1 aromatic carbocycles. The van der Waals surface area contributed by atoms with Crippen LogP contribution >= 0.6 is 68.0 Å². The molecule has 2 aliphatic rings. The number of aliphatic carboxylic acids is 2. The van der Waals surface area contributed by atoms with E-state index in [9.17, 15) is 53.7 Å². The summed E-state index contributed by atoms with van der Waals surface area (Å²) < 4.78 is 5.48. The number of hydrogen-bond acceptors (Lipinski definition) is 23. The smallest absolute Gasteiger partial charge is 0.325 e. The van der Waals surface area contributed by atoms with E-state index < -0.39 is 72.1 Å². The number of likely N-dealkylation sites (tertiary alicyclic amines) is 1. The zero-order valence-corrected chi connectivity index (χ0v) is 54.7. The van der Waals surface area contributed by atoms with Crippen molar-refractivity contribution in [2.24, 2.45) is 11.8 Å². The molecule has 7 N–H and O–H groups in total. The second-order valence-corrected chi connectivity index (χ2v) is 27.6. The molecule has 476 valence electrons. The second-order valence-electron chi connectivity index (χ2n) is 21.8. The van der Waals surface area contributed by atoms with Gasteiger partial charge in [-0.2, -0.15) is 0 Å². The van der Waals surface area contributed by atoms with E-state index >= 15 is 0 Å². The summed E-state index contributed by atoms with van der Waals surface area (Å²) in [6.07, 6.45) is -0.468. The molecule has 10 rings (SSSR count). The minimum Gasteiger partial charge on any atom is -0.481 e. The number of carboxylic acid groups (broad SMARTS) is 2. The Morgan fingerprint density at radius 2 is 1.45 bits per heavy atom. The van der Waals surface area contributed by atoms with Gasteiger partial charge in [-0.1, -0.05) is 44.2 Å². The molecule has 2 aliphatic heterocycles. The molecule has 7 aromatic heterocycles. The molecule has 6 amide bonds. The molecule has 4 atom stereocenters. The molecule has 8 aromatic rings. The predicted octanol–water partition coefficient (Wildman–Crippen LogP) is 9.18. The fourth-order valence-electron chi connectivity index (χ4n) is 10.3. The first-order valence-corrected chi connectivity index (χ1v) is 34.1. The van der Waals surface area contributed by atoms with Crippen LogP contribution in [0.2, 0.25) is 0 Å². The van der Waals surface area contributed by atoms with E-state index in [-0.39, 0.29) is 93.2 Å². The van der Waals surface area contributed by atoms with Gasteiger partial charge < -0.3 is 46.2 Å². The van der Waals surface area contributed by atoms with Crippen molar-refractivity contribution in [1.82, 2.24) is 61.1 Å². The van der Waals surface area contributed by atoms with Gasteiger partial charge in [0.15, 0.2) is 5.78 Å². The van der Waals surface area contributed by atoms with Gasteiger partial charge in [-0.25, -0.2) is 39.7 Å². The third-order valence-electron chi connectivity index (χ3n) is 15.2. The number of urea groups is 1. The van der Waals surface area contributed by atoms with E-state index in [0.29, 0.717) is 92.4 Å². The Hall–Kier alpha value is -8.17. The van der Waals surface area contributed by atoms with E-state index in [2.05, 4.69) is 21.3 Å². The molecule has 0 radical (unpaired) electrons. The number of amides is 6. The number of anilines is 1. The average molecular weight is 1350 g/mol. The molecule has 10 bridgehead atoms. The van der Waals surface area contributed by atoms with Gasteiger partial charge in [-0.05, 0) is 56.2 Å². The highest BCUT2D eigenvalue weighted by atomic mass is 32.1. The number of carbonyl (C=O) groups excluding carboxylic acids is 6. The van der Waals surface area contributed by atoms with Crippen molar-refractivity contribution in [3.8, 4) is 43.4 Å². The van der Waals surface area contributed by atoms with Gasteiger partial charge in [0.25, 0.3) is 11.8 Å². The maximum Gasteiger partial charge on any atom is 0.325 e. The van der Waals surface area contributed by atoms with Crippen LogP contribution < -0.4 is 26.2 Å². The number of aromatic nitrogens is 7. The van der Waals surface area contributed by atoms with Gasteiger partial charge in [0.1, 0.15) is 77.2 Å². The van der Waals surface area contributed by atoms with Crippen LogP contribution in [0.25, 0.3) is 43.4 Å². The van der Waals surface area contributed by atoms with Gasteiger partial charge in [-0.3, -0.25) is 38.5 Å². The van der Waals surface area contributed by atoms with Crippen LogP contribution in [-0.2, 0) is 30.5 Å². The van der Waals surface area contributed by atoms with E-state index in [4.69, 9.17) is 39.6 Å². The maximum absolute atomic E-state index is 14.4. The number of pyridine rings is 1. The molecule has 0 saturated carbocycles. The SMILES string of the molecule is CNC(=O)C[C@@H]1NC(=O)c2csc(n2)-c2ccc(-c3nc(N(CCCCC(=O)O)C(=O)N4CCC(C(=O)O)CC4)cs3)nc2-c2csc(n2)-c2csc(n2)[C@H]([C@@H](O)c2ccccc2)NC(=O)CNC(=O)c2nc(sc2COC)C(C(C)C)CC(=O)c2nc1sc2C. The number of benzene rings is 1. The lowest BCUT2D eigenvalue weighted by atomic mass is 9.90. The molecule has 1 unspecified atom stereocenters. The van der Waals surface area contributed by atoms with Gasteiger partial charge in [0, 0.05) is 84.5 Å². The Bertz CT molecular complexity index is 4000. The van der Waals surface area contributed by atoms with E-state index in [1.807, 2.05) is 13.8 Å². The van der Waals surface area contributed by atoms with Crippen LogP contribution in [0, 0.1) is 18.8 Å². The number of fused-ring (bicyclic) bond motifs is 14. The minimum absolute atomic E-state index is 0.00718. The van der Waals surface area contributed by atoms with Crippen LogP contribution in [0.15, 0.2) is 64.0 Å². The van der Waals surface area contributed by atoms with Gasteiger partial charge in [-0.15, -0.1) is 68.0 Å². The van der Waals surface area contributed by atoms with Crippen molar-refractivity contribution in [2.45, 2.75) is 96.4 Å². The number of hydrogen-bond donors (Lipinski definition) is 7. The second kappa shape index (κ2) is 29.4. The van der Waals surface area contributed by atoms with Crippen LogP contribution in [-0.4, -0.2) is 143 Å². The van der Waals surface area contributed by atoms with Crippen LogP contribution in [0.4, 0.5) is 10.6 Å². The number of nitrogens with one attached hydrogen (secondary N) is 4. The normalized spacial score (nSPS) is 17.2. The maximum atomic E-state index is 14.4. The molecule has 1 fully saturated rings. The summed E-state index contributed by atoms with van der Waals surface area (Å²) in [4.78, 5) is 146. The minimum atomic E-state index is -1.30. The number of Topliss-reactive ketones (excluding diaryl/α,β-unsaturated/α-hetero) is 1. The number of rotatable bonds is 15. The van der Waals surface area contributed by atoms with E-state index in [1.54, 1.807) is 75.8 Å². The molecule has 1 saturated heterocycles. The molecule has 91 heavy (non-hydrogen) atoms. The summed E-state index contributed by atoms with van der Waals surface area (Å²) in [5.41, 5.74) is 2.61. The topological polar surface area (TPSA) is 351 Å². The number of nitrogens with zero attached hydrogens (tertiary/aromatic N) is 9. The Labute approximate surface area is 545 Å². The van der Waals surface area contributed by atoms with E-state index in [0.717, 1.165) is 11.3 Å². The van der Waals surface area contributed by atoms with Crippen molar-refractivity contribution in [1.29, 1.82) is 0 Å². The Morgan fingerprint density at radius 1 is 0.747 bits per heavy atom. The third-order valence-corrected chi connectivity index (χ3v) is 21.0. The van der Waals surface area contributed by atoms with Crippen molar-refractivity contribution >= 4 is 121 Å². The zero-order chi connectivity index (χ0) is 64.6. The monoisotopic (exact) mass is 1350 g/mol. The van der Waals surface area contributed by atoms with E-state index in [1.165, 1.54) is 75.7 Å². The van der Waals surface area contributed by atoms with Crippen LogP contribution in [0.5, 0.6) is 0 Å². The number of piperidine rings is 1. The number of unbranched alkanes of at least 4 members (excludes halogenated alkanes) is 1. The number of aryl methyl sites for hydroxylation is 1. The number of ether oxygens (including phenoxy) is 1. The van der Waals surface area contributed by atoms with Crippen molar-refractivity contribution in [3.05, 3.63) is 111 Å². The lowest BCUT2D eigenvalue weighted by molar-refractivity contribution is -0.143. The largest absolute Gasteiger partial charge is 0.481 e. The molecular weight excluding hydrogens is 1290 g/mol. The molecular formula is C60H63N13O12S6. The highest BCUT2D eigenvalue weighted by molar-refractivity contribution is 7.15. The summed E-state index contributed by atoms with van der Waals surface area (Å²) in [6.45, 7) is 5.68. The number of methoxy groups -OCH3 is 1. The fourth-order valence-corrected chi connectivity index (χ4v) is 15.9. The third kappa shape index (κ3) is 15.4. The molecule has 0 spiro atoms. The number of carboxylic acids is 2. The first-order valence-electron chi connectivity index (χ1n) is 28.9. The van der Waals surface area contributed by atoms with Crippen molar-refractivity contribution in [3.63, 3.8) is 0 Å². The summed E-state index contributed by atoms with van der Waals surface area (Å²) in [5, 5.41) is 51.2. The quantitative estimate of drug-likeness (QED) is 0.0470. The summed E-state index contributed by atoms with van der Waals surface area (Å²) in [6, 6.07) is 9.74. The summed E-state index contributed by atoms with van der Waals surface area (Å²) in [7, 11) is 2.95. The molecule has 31 heteroatoms. The zero-order valence-electron chi connectivity index (χ0n) is 49.8. The Kier molecular flexibility index (Phi) is 21.3. The van der Waals surface area contributed by atoms with Crippen LogP contribution in [0.1, 0.15) is 145 Å².